The molecule has 0 spiro atoms. The average molecular weight is 260 g/mol. The molecule has 7 nitrogen and oxygen atoms in total. The predicted octanol–water partition coefficient (Wildman–Crippen LogP) is 0.212. The molecule has 2 aromatic heterocycles. The Balaban J connectivity index is 2.10. The highest BCUT2D eigenvalue weighted by atomic mass is 16.5. The zero-order valence-electron chi connectivity index (χ0n) is 10.2. The number of amides is 1. The molecule has 0 bridgehead atoms. The second-order valence-electron chi connectivity index (χ2n) is 3.82. The number of carbonyl (C=O) groups is 2. The van der Waals surface area contributed by atoms with Gasteiger partial charge in [0.25, 0.3) is 5.91 Å². The quantitative estimate of drug-likeness (QED) is 0.792. The van der Waals surface area contributed by atoms with Crippen molar-refractivity contribution in [1.29, 1.82) is 0 Å². The summed E-state index contributed by atoms with van der Waals surface area (Å²) in [4.78, 5) is 26.3. The van der Waals surface area contributed by atoms with Crippen LogP contribution in [0.4, 0.5) is 0 Å². The number of rotatable bonds is 4. The molecule has 7 heteroatoms. The summed E-state index contributed by atoms with van der Waals surface area (Å²) in [5.74, 6) is -0.964. The van der Waals surface area contributed by atoms with Crippen LogP contribution in [0, 0.1) is 0 Å². The first kappa shape index (κ1) is 12.7. The summed E-state index contributed by atoms with van der Waals surface area (Å²) in [6, 6.07) is 3.31. The molecule has 0 aliphatic heterocycles. The van der Waals surface area contributed by atoms with E-state index in [1.807, 2.05) is 0 Å². The number of ether oxygens (including phenoxy) is 1. The Kier molecular flexibility index (Phi) is 3.56. The van der Waals surface area contributed by atoms with Gasteiger partial charge in [0.15, 0.2) is 0 Å². The lowest BCUT2D eigenvalue weighted by atomic mass is 10.2. The van der Waals surface area contributed by atoms with Crippen molar-refractivity contribution in [2.75, 3.05) is 7.11 Å². The monoisotopic (exact) mass is 260 g/mol. The van der Waals surface area contributed by atoms with Crippen LogP contribution in [0.15, 0.2) is 30.7 Å². The minimum absolute atomic E-state index is 0.339. The van der Waals surface area contributed by atoms with Crippen LogP contribution < -0.4 is 5.73 Å². The van der Waals surface area contributed by atoms with Gasteiger partial charge in [-0.15, -0.1) is 0 Å². The summed E-state index contributed by atoms with van der Waals surface area (Å²) >= 11 is 0. The van der Waals surface area contributed by atoms with Gasteiger partial charge in [0.2, 0.25) is 0 Å². The fraction of sp³-hybridized carbons (Fsp3) is 0.167. The number of aromatic nitrogens is 3. The summed E-state index contributed by atoms with van der Waals surface area (Å²) in [5, 5.41) is 3.99. The fourth-order valence-electron chi connectivity index (χ4n) is 1.50. The Morgan fingerprint density at radius 2 is 2.11 bits per heavy atom. The third-order valence-electron chi connectivity index (χ3n) is 2.49. The van der Waals surface area contributed by atoms with Crippen molar-refractivity contribution in [2.24, 2.45) is 5.73 Å². The maximum Gasteiger partial charge on any atom is 0.339 e. The number of nitrogens with zero attached hydrogens (tertiary/aromatic N) is 3. The van der Waals surface area contributed by atoms with Crippen LogP contribution in [0.1, 0.15) is 26.4 Å². The Morgan fingerprint density at radius 3 is 2.63 bits per heavy atom. The molecule has 0 atom stereocenters. The smallest absolute Gasteiger partial charge is 0.339 e. The Morgan fingerprint density at radius 1 is 1.32 bits per heavy atom. The molecule has 2 aromatic rings. The van der Waals surface area contributed by atoms with Crippen molar-refractivity contribution in [3.05, 3.63) is 47.5 Å². The Labute approximate surface area is 109 Å². The molecule has 0 saturated heterocycles. The summed E-state index contributed by atoms with van der Waals surface area (Å²) in [7, 11) is 1.31. The lowest BCUT2D eigenvalue weighted by Gasteiger charge is -2.02. The van der Waals surface area contributed by atoms with Crippen LogP contribution in [0.3, 0.4) is 0 Å². The van der Waals surface area contributed by atoms with E-state index in [4.69, 9.17) is 5.73 Å². The van der Waals surface area contributed by atoms with Crippen LogP contribution in [0.25, 0.3) is 0 Å². The molecule has 0 aromatic carbocycles. The summed E-state index contributed by atoms with van der Waals surface area (Å²) < 4.78 is 6.12. The van der Waals surface area contributed by atoms with Crippen LogP contribution in [-0.2, 0) is 11.3 Å². The Bertz CT molecular complexity index is 604. The lowest BCUT2D eigenvalue weighted by molar-refractivity contribution is 0.0600. The summed E-state index contributed by atoms with van der Waals surface area (Å²) in [5.41, 5.74) is 6.55. The number of hydrogen-bond acceptors (Lipinski definition) is 5. The molecule has 19 heavy (non-hydrogen) atoms. The highest BCUT2D eigenvalue weighted by Gasteiger charge is 2.07. The lowest BCUT2D eigenvalue weighted by Crippen LogP contribution is -2.10. The number of carbonyl (C=O) groups excluding carboxylic acids is 2. The van der Waals surface area contributed by atoms with Crippen LogP contribution in [0.2, 0.25) is 0 Å². The van der Waals surface area contributed by atoms with Crippen molar-refractivity contribution in [3.8, 4) is 0 Å². The fourth-order valence-corrected chi connectivity index (χ4v) is 1.50. The molecule has 98 valence electrons. The SMILES string of the molecule is COC(=O)c1ccc(Cn2cc(C(N)=O)cn2)nc1. The first-order valence-corrected chi connectivity index (χ1v) is 5.45. The minimum Gasteiger partial charge on any atom is -0.465 e. The first-order chi connectivity index (χ1) is 9.10. The van der Waals surface area contributed by atoms with E-state index in [1.165, 1.54) is 25.7 Å². The molecule has 0 aliphatic rings. The van der Waals surface area contributed by atoms with Crippen molar-refractivity contribution in [1.82, 2.24) is 14.8 Å². The van der Waals surface area contributed by atoms with E-state index >= 15 is 0 Å². The molecular weight excluding hydrogens is 248 g/mol. The molecule has 2 rings (SSSR count). The first-order valence-electron chi connectivity index (χ1n) is 5.45. The zero-order valence-corrected chi connectivity index (χ0v) is 10.2. The molecular formula is C12H12N4O3. The Hall–Kier alpha value is -2.70. The molecule has 2 heterocycles. The van der Waals surface area contributed by atoms with Gasteiger partial charge in [0.05, 0.1) is 36.7 Å². The highest BCUT2D eigenvalue weighted by Crippen LogP contribution is 2.04. The van der Waals surface area contributed by atoms with E-state index in [9.17, 15) is 9.59 Å². The van der Waals surface area contributed by atoms with Gasteiger partial charge in [-0.3, -0.25) is 14.5 Å². The molecule has 1 amide bonds. The highest BCUT2D eigenvalue weighted by molar-refractivity contribution is 5.92. The van der Waals surface area contributed by atoms with Gasteiger partial charge in [-0.1, -0.05) is 0 Å². The normalized spacial score (nSPS) is 10.2. The van der Waals surface area contributed by atoms with Crippen molar-refractivity contribution >= 4 is 11.9 Å². The predicted molar refractivity (Wildman–Crippen MR) is 65.4 cm³/mol. The minimum atomic E-state index is -0.528. The topological polar surface area (TPSA) is 100 Å². The van der Waals surface area contributed by atoms with E-state index in [0.29, 0.717) is 23.4 Å². The van der Waals surface area contributed by atoms with E-state index in [2.05, 4.69) is 14.8 Å². The molecule has 2 N–H and O–H groups in total. The number of primary amides is 1. The van der Waals surface area contributed by atoms with Crippen LogP contribution >= 0.6 is 0 Å². The van der Waals surface area contributed by atoms with Crippen LogP contribution in [0.5, 0.6) is 0 Å². The van der Waals surface area contributed by atoms with Crippen molar-refractivity contribution in [3.63, 3.8) is 0 Å². The molecule has 0 unspecified atom stereocenters. The third kappa shape index (κ3) is 2.95. The van der Waals surface area contributed by atoms with Gasteiger partial charge in [-0.2, -0.15) is 5.10 Å². The maximum atomic E-state index is 11.2. The number of hydrogen-bond donors (Lipinski definition) is 1. The molecule has 0 fully saturated rings. The standard InChI is InChI=1S/C12H12N4O3/c1-19-12(18)8-2-3-10(14-4-8)7-16-6-9(5-15-16)11(13)17/h2-6H,7H2,1H3,(H2,13,17). The van der Waals surface area contributed by atoms with E-state index in [1.54, 1.807) is 16.8 Å². The van der Waals surface area contributed by atoms with E-state index < -0.39 is 11.9 Å². The van der Waals surface area contributed by atoms with Gasteiger partial charge in [0, 0.05) is 12.4 Å². The van der Waals surface area contributed by atoms with Gasteiger partial charge in [-0.05, 0) is 12.1 Å². The van der Waals surface area contributed by atoms with Crippen LogP contribution in [-0.4, -0.2) is 33.8 Å². The number of methoxy groups -OCH3 is 1. The van der Waals surface area contributed by atoms with Gasteiger partial charge < -0.3 is 10.5 Å². The maximum absolute atomic E-state index is 11.2. The van der Waals surface area contributed by atoms with Gasteiger partial charge >= 0.3 is 5.97 Å². The second kappa shape index (κ2) is 5.30. The molecule has 0 saturated carbocycles. The molecule has 0 aliphatic carbocycles. The largest absolute Gasteiger partial charge is 0.465 e. The summed E-state index contributed by atoms with van der Waals surface area (Å²) in [6.45, 7) is 0.384. The third-order valence-corrected chi connectivity index (χ3v) is 2.49. The molecule has 0 radical (unpaired) electrons. The van der Waals surface area contributed by atoms with E-state index in [-0.39, 0.29) is 0 Å². The average Bonchev–Trinajstić information content (AvgIpc) is 2.87. The second-order valence-corrected chi connectivity index (χ2v) is 3.82. The number of esters is 1. The summed E-state index contributed by atoms with van der Waals surface area (Å²) in [6.07, 6.45) is 4.36. The van der Waals surface area contributed by atoms with Gasteiger partial charge in [-0.25, -0.2) is 4.79 Å². The van der Waals surface area contributed by atoms with E-state index in [0.717, 1.165) is 0 Å². The zero-order chi connectivity index (χ0) is 13.8. The number of pyridine rings is 1. The van der Waals surface area contributed by atoms with Crippen molar-refractivity contribution in [2.45, 2.75) is 6.54 Å². The van der Waals surface area contributed by atoms with Gasteiger partial charge in [0.1, 0.15) is 0 Å². The number of nitrogens with two attached hydrogens (primary N) is 1. The van der Waals surface area contributed by atoms with Crippen molar-refractivity contribution < 1.29 is 14.3 Å².